The van der Waals surface area contributed by atoms with Crippen LogP contribution in [0.3, 0.4) is 0 Å². The average Bonchev–Trinajstić information content (AvgIpc) is 2.90. The molecule has 6 aromatic rings. The third-order valence-corrected chi connectivity index (χ3v) is 5.39. The molecule has 0 spiro atoms. The molecule has 6 nitrogen and oxygen atoms in total. The molecule has 0 fully saturated rings. The smallest absolute Gasteiger partial charge is 0.229 e. The van der Waals surface area contributed by atoms with Gasteiger partial charge in [0.15, 0.2) is 0 Å². The summed E-state index contributed by atoms with van der Waals surface area (Å²) in [6.45, 7) is 0. The van der Waals surface area contributed by atoms with Crippen LogP contribution in [-0.2, 0) is 21.1 Å². The van der Waals surface area contributed by atoms with Gasteiger partial charge in [0.25, 0.3) is 0 Å². The molecule has 7 heteroatoms. The van der Waals surface area contributed by atoms with E-state index < -0.39 is 0 Å². The first-order valence-corrected chi connectivity index (χ1v) is 10.8. The fourth-order valence-electron chi connectivity index (χ4n) is 3.77. The van der Waals surface area contributed by atoms with Gasteiger partial charge in [0.05, 0.1) is 11.4 Å². The summed E-state index contributed by atoms with van der Waals surface area (Å²) in [5.41, 5.74) is 1.32. The van der Waals surface area contributed by atoms with Crippen molar-refractivity contribution in [3.63, 3.8) is 0 Å². The fraction of sp³-hybridized carbons (Fsp3) is 0. The van der Waals surface area contributed by atoms with Gasteiger partial charge >= 0.3 is 0 Å². The Balaban J connectivity index is 0.00000253. The molecular weight excluding hydrogens is 619 g/mol. The van der Waals surface area contributed by atoms with Crippen LogP contribution in [0.5, 0.6) is 23.5 Å². The van der Waals surface area contributed by atoms with E-state index in [1.807, 2.05) is 84.9 Å². The Morgan fingerprint density at radius 1 is 0.457 bits per heavy atom. The van der Waals surface area contributed by atoms with Crippen molar-refractivity contribution in [1.82, 2.24) is 19.9 Å². The van der Waals surface area contributed by atoms with Crippen molar-refractivity contribution in [1.29, 1.82) is 0 Å². The van der Waals surface area contributed by atoms with Gasteiger partial charge in [-0.25, -0.2) is 19.9 Å². The number of hydrogen-bond donors (Lipinski definition) is 0. The molecule has 4 aromatic heterocycles. The van der Waals surface area contributed by atoms with E-state index in [9.17, 15) is 0 Å². The second-order valence-electron chi connectivity index (χ2n) is 7.60. The topological polar surface area (TPSA) is 70.0 Å². The van der Waals surface area contributed by atoms with Crippen LogP contribution in [0, 0.1) is 0 Å². The van der Waals surface area contributed by atoms with E-state index >= 15 is 0 Å². The maximum atomic E-state index is 6.04. The van der Waals surface area contributed by atoms with Gasteiger partial charge < -0.3 is 9.47 Å². The van der Waals surface area contributed by atoms with E-state index in [1.54, 1.807) is 24.5 Å². The molecule has 0 aliphatic carbocycles. The molecule has 0 amide bonds. The molecule has 0 saturated carbocycles. The van der Waals surface area contributed by atoms with Gasteiger partial charge in [0, 0.05) is 56.4 Å². The summed E-state index contributed by atoms with van der Waals surface area (Å²) in [4.78, 5) is 18.1. The van der Waals surface area contributed by atoms with E-state index in [1.165, 1.54) is 0 Å². The van der Waals surface area contributed by atoms with Crippen molar-refractivity contribution in [3.8, 4) is 34.9 Å². The zero-order chi connectivity index (χ0) is 22.7. The minimum absolute atomic E-state index is 0. The Morgan fingerprint density at radius 2 is 0.914 bits per heavy atom. The second kappa shape index (κ2) is 10.00. The Labute approximate surface area is 215 Å². The van der Waals surface area contributed by atoms with Gasteiger partial charge in [-0.15, -0.1) is 0 Å². The Kier molecular flexibility index (Phi) is 6.46. The van der Waals surface area contributed by atoms with Gasteiger partial charge in [-0.3, -0.25) is 0 Å². The van der Waals surface area contributed by atoms with Gasteiger partial charge in [-0.05, 0) is 47.2 Å². The van der Waals surface area contributed by atoms with Crippen LogP contribution in [0.25, 0.3) is 32.9 Å². The molecule has 2 aromatic carbocycles. The predicted molar refractivity (Wildman–Crippen MR) is 131 cm³/mol. The molecule has 172 valence electrons. The van der Waals surface area contributed by atoms with Crippen LogP contribution < -0.4 is 9.47 Å². The molecule has 0 atom stereocenters. The molecule has 0 aliphatic heterocycles. The zero-order valence-electron chi connectivity index (χ0n) is 18.3. The van der Waals surface area contributed by atoms with Crippen molar-refractivity contribution in [2.24, 2.45) is 0 Å². The first-order chi connectivity index (χ1) is 16.8. The number of ether oxygens (including phenoxy) is 2. The number of hydrogen-bond acceptors (Lipinski definition) is 6. The van der Waals surface area contributed by atoms with E-state index in [0.29, 0.717) is 34.9 Å². The molecule has 0 bridgehead atoms. The average molecular weight is 638 g/mol. The summed E-state index contributed by atoms with van der Waals surface area (Å²) < 4.78 is 12.1. The summed E-state index contributed by atoms with van der Waals surface area (Å²) in [5.74, 6) is 1.89. The number of rotatable bonds is 5. The molecule has 0 N–H and O–H groups in total. The van der Waals surface area contributed by atoms with E-state index in [4.69, 9.17) is 9.47 Å². The summed E-state index contributed by atoms with van der Waals surface area (Å²) >= 11 is 0. The van der Waals surface area contributed by atoms with Gasteiger partial charge in [-0.1, -0.05) is 48.5 Å². The summed E-state index contributed by atoms with van der Waals surface area (Å²) in [7, 11) is 0. The molecular formula is C28H18N4O2Pt. The zero-order valence-corrected chi connectivity index (χ0v) is 20.6. The first-order valence-electron chi connectivity index (χ1n) is 10.8. The SMILES string of the molecule is [Pt].c1cc(Oc2nccc3ccccc23)nc(-c2cccc(Oc3nccc4ccccc34)n2)c1. The van der Waals surface area contributed by atoms with Crippen LogP contribution in [0.1, 0.15) is 0 Å². The molecule has 35 heavy (non-hydrogen) atoms. The summed E-state index contributed by atoms with van der Waals surface area (Å²) in [6.07, 6.45) is 3.45. The van der Waals surface area contributed by atoms with E-state index in [-0.39, 0.29) is 21.1 Å². The normalized spacial score (nSPS) is 10.6. The minimum Gasteiger partial charge on any atom is -0.420 e. The van der Waals surface area contributed by atoms with Gasteiger partial charge in [0.1, 0.15) is 0 Å². The third-order valence-electron chi connectivity index (χ3n) is 5.39. The number of pyridine rings is 4. The van der Waals surface area contributed by atoms with Crippen LogP contribution in [0.15, 0.2) is 109 Å². The van der Waals surface area contributed by atoms with Crippen LogP contribution in [0.4, 0.5) is 0 Å². The van der Waals surface area contributed by atoms with Crippen molar-refractivity contribution in [3.05, 3.63) is 109 Å². The van der Waals surface area contributed by atoms with Gasteiger partial charge in [-0.2, -0.15) is 0 Å². The fourth-order valence-corrected chi connectivity index (χ4v) is 3.77. The Bertz CT molecular complexity index is 1510. The molecule has 0 saturated heterocycles. The van der Waals surface area contributed by atoms with Crippen molar-refractivity contribution < 1.29 is 30.5 Å². The van der Waals surface area contributed by atoms with E-state index in [0.717, 1.165) is 21.5 Å². The maximum absolute atomic E-state index is 6.04. The number of benzene rings is 2. The molecule has 0 unspecified atom stereocenters. The minimum atomic E-state index is 0. The van der Waals surface area contributed by atoms with Crippen molar-refractivity contribution in [2.45, 2.75) is 0 Å². The first kappa shape index (κ1) is 22.6. The Morgan fingerprint density at radius 3 is 1.40 bits per heavy atom. The van der Waals surface area contributed by atoms with Gasteiger partial charge in [0.2, 0.25) is 23.5 Å². The monoisotopic (exact) mass is 637 g/mol. The molecule has 4 heterocycles. The number of fused-ring (bicyclic) bond motifs is 2. The van der Waals surface area contributed by atoms with Crippen molar-refractivity contribution in [2.75, 3.05) is 0 Å². The second-order valence-corrected chi connectivity index (χ2v) is 7.60. The molecule has 0 aliphatic rings. The largest absolute Gasteiger partial charge is 0.420 e. The Hall–Kier alpha value is -4.15. The number of aromatic nitrogens is 4. The van der Waals surface area contributed by atoms with Crippen molar-refractivity contribution >= 4 is 21.5 Å². The molecule has 6 rings (SSSR count). The van der Waals surface area contributed by atoms with E-state index in [2.05, 4.69) is 19.9 Å². The summed E-state index contributed by atoms with van der Waals surface area (Å²) in [5, 5.41) is 3.95. The van der Waals surface area contributed by atoms with Crippen LogP contribution in [-0.4, -0.2) is 19.9 Å². The predicted octanol–water partition coefficient (Wildman–Crippen LogP) is 6.82. The standard InChI is InChI=1S/C28H18N4O2.Pt/c1-3-9-21-19(7-1)15-17-29-27(21)33-25-13-5-11-23(31-25)24-12-6-14-26(32-24)34-28-22-10-4-2-8-20(22)16-18-30-28;/h1-18H;. The quantitative estimate of drug-likeness (QED) is 0.207. The van der Waals surface area contributed by atoms with Crippen LogP contribution >= 0.6 is 0 Å². The molecule has 0 radical (unpaired) electrons. The maximum Gasteiger partial charge on any atom is 0.229 e. The van der Waals surface area contributed by atoms with Crippen LogP contribution in [0.2, 0.25) is 0 Å². The summed E-state index contributed by atoms with van der Waals surface area (Å²) in [6, 6.07) is 30.9. The third kappa shape index (κ3) is 4.74. The number of nitrogens with zero attached hydrogens (tertiary/aromatic N) is 4.